The molecule has 0 bridgehead atoms. The molecular formula is C12H14N2OS. The molecule has 0 saturated heterocycles. The van der Waals surface area contributed by atoms with Gasteiger partial charge in [0.2, 0.25) is 0 Å². The molecule has 84 valence electrons. The van der Waals surface area contributed by atoms with Gasteiger partial charge >= 0.3 is 0 Å². The number of aromatic nitrogens is 2. The Balaban J connectivity index is 1.80. The van der Waals surface area contributed by atoms with E-state index in [1.807, 2.05) is 37.0 Å². The summed E-state index contributed by atoms with van der Waals surface area (Å²) < 4.78 is 1.76. The lowest BCUT2D eigenvalue weighted by molar-refractivity contribution is -0.118. The van der Waals surface area contributed by atoms with E-state index < -0.39 is 0 Å². The average molecular weight is 234 g/mol. The van der Waals surface area contributed by atoms with E-state index in [0.717, 1.165) is 16.9 Å². The van der Waals surface area contributed by atoms with E-state index in [1.165, 1.54) is 0 Å². The normalized spacial score (nSPS) is 10.6. The molecule has 0 radical (unpaired) electrons. The van der Waals surface area contributed by atoms with Gasteiger partial charge in [-0.1, -0.05) is 6.07 Å². The van der Waals surface area contributed by atoms with E-state index >= 15 is 0 Å². The summed E-state index contributed by atoms with van der Waals surface area (Å²) in [5.74, 6) is 0.298. The van der Waals surface area contributed by atoms with E-state index in [0.29, 0.717) is 18.6 Å². The minimum absolute atomic E-state index is 0.298. The van der Waals surface area contributed by atoms with Crippen LogP contribution in [0.5, 0.6) is 0 Å². The zero-order valence-corrected chi connectivity index (χ0v) is 10.0. The summed E-state index contributed by atoms with van der Waals surface area (Å²) in [7, 11) is 1.89. The molecule has 2 rings (SSSR count). The smallest absolute Gasteiger partial charge is 0.138 e. The Morgan fingerprint density at radius 3 is 3.06 bits per heavy atom. The van der Waals surface area contributed by atoms with Crippen molar-refractivity contribution >= 4 is 17.1 Å². The van der Waals surface area contributed by atoms with Crippen LogP contribution >= 0.6 is 11.3 Å². The monoisotopic (exact) mass is 234 g/mol. The molecule has 0 aliphatic rings. The highest BCUT2D eigenvalue weighted by Crippen LogP contribution is 2.11. The standard InChI is InChI=1S/C12H14N2OS/c1-14-9-10(8-13-14)4-5-11(15)7-12-3-2-6-16-12/h2-3,6,8-9H,4-5,7H2,1H3. The molecule has 2 aromatic rings. The van der Waals surface area contributed by atoms with Crippen LogP contribution in [0.2, 0.25) is 0 Å². The van der Waals surface area contributed by atoms with E-state index in [9.17, 15) is 4.79 Å². The van der Waals surface area contributed by atoms with Crippen LogP contribution in [0.4, 0.5) is 0 Å². The molecule has 0 fully saturated rings. The Labute approximate surface area is 98.7 Å². The lowest BCUT2D eigenvalue weighted by Crippen LogP contribution is -2.02. The lowest BCUT2D eigenvalue weighted by Gasteiger charge is -1.97. The number of carbonyl (C=O) groups is 1. The number of Topliss-reactive ketones (excluding diaryl/α,β-unsaturated/α-hetero) is 1. The van der Waals surface area contributed by atoms with Crippen molar-refractivity contribution in [3.8, 4) is 0 Å². The minimum Gasteiger partial charge on any atom is -0.299 e. The number of thiophene rings is 1. The first-order valence-electron chi connectivity index (χ1n) is 5.25. The summed E-state index contributed by atoms with van der Waals surface area (Å²) >= 11 is 1.64. The SMILES string of the molecule is Cn1cc(CCC(=O)Cc2cccs2)cn1. The largest absolute Gasteiger partial charge is 0.299 e. The van der Waals surface area contributed by atoms with Crippen LogP contribution in [0, 0.1) is 0 Å². The van der Waals surface area contributed by atoms with Crippen molar-refractivity contribution < 1.29 is 4.79 Å². The molecule has 2 aromatic heterocycles. The molecule has 0 amide bonds. The Hall–Kier alpha value is -1.42. The molecular weight excluding hydrogens is 220 g/mol. The lowest BCUT2D eigenvalue weighted by atomic mass is 10.1. The maximum Gasteiger partial charge on any atom is 0.138 e. The number of rotatable bonds is 5. The van der Waals surface area contributed by atoms with Crippen molar-refractivity contribution in [2.24, 2.45) is 7.05 Å². The van der Waals surface area contributed by atoms with Crippen LogP contribution < -0.4 is 0 Å². The quantitative estimate of drug-likeness (QED) is 0.795. The van der Waals surface area contributed by atoms with Crippen LogP contribution in [-0.4, -0.2) is 15.6 Å². The van der Waals surface area contributed by atoms with Crippen molar-refractivity contribution in [2.75, 3.05) is 0 Å². The summed E-state index contributed by atoms with van der Waals surface area (Å²) in [4.78, 5) is 12.8. The second-order valence-electron chi connectivity index (χ2n) is 3.82. The Kier molecular flexibility index (Phi) is 3.51. The van der Waals surface area contributed by atoms with Crippen LogP contribution in [0.3, 0.4) is 0 Å². The second-order valence-corrected chi connectivity index (χ2v) is 4.85. The van der Waals surface area contributed by atoms with Crippen molar-refractivity contribution in [2.45, 2.75) is 19.3 Å². The first-order valence-corrected chi connectivity index (χ1v) is 6.13. The summed E-state index contributed by atoms with van der Waals surface area (Å²) in [5, 5.41) is 6.08. The van der Waals surface area contributed by atoms with Crippen molar-refractivity contribution in [1.29, 1.82) is 0 Å². The minimum atomic E-state index is 0.298. The topological polar surface area (TPSA) is 34.9 Å². The summed E-state index contributed by atoms with van der Waals surface area (Å²) in [6.45, 7) is 0. The Morgan fingerprint density at radius 2 is 2.44 bits per heavy atom. The molecule has 0 atom stereocenters. The highest BCUT2D eigenvalue weighted by Gasteiger charge is 2.05. The third-order valence-electron chi connectivity index (χ3n) is 2.40. The fourth-order valence-corrected chi connectivity index (χ4v) is 2.31. The van der Waals surface area contributed by atoms with Crippen molar-refractivity contribution in [3.63, 3.8) is 0 Å². The van der Waals surface area contributed by atoms with Gasteiger partial charge in [0.1, 0.15) is 5.78 Å². The fourth-order valence-electron chi connectivity index (χ4n) is 1.58. The summed E-state index contributed by atoms with van der Waals surface area (Å²) in [5.41, 5.74) is 1.13. The van der Waals surface area contributed by atoms with Gasteiger partial charge in [-0.25, -0.2) is 0 Å². The molecule has 2 heterocycles. The van der Waals surface area contributed by atoms with Gasteiger partial charge in [-0.3, -0.25) is 9.48 Å². The van der Waals surface area contributed by atoms with E-state index in [2.05, 4.69) is 5.10 Å². The fraction of sp³-hybridized carbons (Fsp3) is 0.333. The van der Waals surface area contributed by atoms with Gasteiger partial charge in [-0.2, -0.15) is 5.10 Å². The van der Waals surface area contributed by atoms with Crippen molar-refractivity contribution in [3.05, 3.63) is 40.3 Å². The highest BCUT2D eigenvalue weighted by molar-refractivity contribution is 7.10. The first kappa shape index (κ1) is 11.1. The summed E-state index contributed by atoms with van der Waals surface area (Å²) in [6, 6.07) is 3.99. The second kappa shape index (κ2) is 5.07. The van der Waals surface area contributed by atoms with Gasteiger partial charge in [0.25, 0.3) is 0 Å². The molecule has 4 heteroatoms. The third-order valence-corrected chi connectivity index (χ3v) is 3.28. The van der Waals surface area contributed by atoms with Crippen molar-refractivity contribution in [1.82, 2.24) is 9.78 Å². The third kappa shape index (κ3) is 3.03. The number of ketones is 1. The Morgan fingerprint density at radius 1 is 1.56 bits per heavy atom. The maximum absolute atomic E-state index is 11.7. The van der Waals surface area contributed by atoms with Crippen LogP contribution in [0.25, 0.3) is 0 Å². The molecule has 0 unspecified atom stereocenters. The number of aryl methyl sites for hydroxylation is 2. The number of hydrogen-bond donors (Lipinski definition) is 0. The molecule has 0 aliphatic heterocycles. The van der Waals surface area contributed by atoms with Gasteiger partial charge in [0.05, 0.1) is 6.20 Å². The molecule has 0 N–H and O–H groups in total. The van der Waals surface area contributed by atoms with Gasteiger partial charge in [0, 0.05) is 31.0 Å². The van der Waals surface area contributed by atoms with Crippen LogP contribution in [0.15, 0.2) is 29.9 Å². The predicted molar refractivity (Wildman–Crippen MR) is 64.6 cm³/mol. The van der Waals surface area contributed by atoms with Crippen LogP contribution in [-0.2, 0) is 24.7 Å². The molecule has 3 nitrogen and oxygen atoms in total. The first-order chi connectivity index (χ1) is 7.74. The number of hydrogen-bond acceptors (Lipinski definition) is 3. The summed E-state index contributed by atoms with van der Waals surface area (Å²) in [6.07, 6.45) is 5.73. The van der Waals surface area contributed by atoms with Gasteiger partial charge in [0.15, 0.2) is 0 Å². The molecule has 0 aromatic carbocycles. The zero-order chi connectivity index (χ0) is 11.4. The van der Waals surface area contributed by atoms with Crippen LogP contribution in [0.1, 0.15) is 16.9 Å². The van der Waals surface area contributed by atoms with Gasteiger partial charge in [-0.05, 0) is 23.4 Å². The molecule has 0 saturated carbocycles. The molecule has 0 spiro atoms. The van der Waals surface area contributed by atoms with Gasteiger partial charge in [-0.15, -0.1) is 11.3 Å². The zero-order valence-electron chi connectivity index (χ0n) is 9.22. The molecule has 16 heavy (non-hydrogen) atoms. The predicted octanol–water partition coefficient (Wildman–Crippen LogP) is 2.23. The maximum atomic E-state index is 11.7. The van der Waals surface area contributed by atoms with E-state index in [-0.39, 0.29) is 0 Å². The Bertz CT molecular complexity index is 459. The van der Waals surface area contributed by atoms with E-state index in [4.69, 9.17) is 0 Å². The number of carbonyl (C=O) groups excluding carboxylic acids is 1. The molecule has 0 aliphatic carbocycles. The van der Waals surface area contributed by atoms with Gasteiger partial charge < -0.3 is 0 Å². The average Bonchev–Trinajstić information content (AvgIpc) is 2.87. The number of nitrogens with zero attached hydrogens (tertiary/aromatic N) is 2. The van der Waals surface area contributed by atoms with E-state index in [1.54, 1.807) is 16.0 Å². The highest BCUT2D eigenvalue weighted by atomic mass is 32.1.